The number of aliphatic hydroxyl groups is 1. The van der Waals surface area contributed by atoms with E-state index in [0.29, 0.717) is 0 Å². The van der Waals surface area contributed by atoms with Gasteiger partial charge < -0.3 is 20.2 Å². The van der Waals surface area contributed by atoms with Gasteiger partial charge in [-0.05, 0) is 30.7 Å². The number of hydrogen-bond donors (Lipinski definition) is 3. The summed E-state index contributed by atoms with van der Waals surface area (Å²) in [5.74, 6) is -1.22. The molecule has 0 saturated carbocycles. The zero-order valence-corrected chi connectivity index (χ0v) is 17.1. The summed E-state index contributed by atoms with van der Waals surface area (Å²) >= 11 is 0. The number of anilines is 1. The van der Waals surface area contributed by atoms with Crippen molar-refractivity contribution in [3.8, 4) is 0 Å². The summed E-state index contributed by atoms with van der Waals surface area (Å²) in [6.07, 6.45) is 6.72. The van der Waals surface area contributed by atoms with Crippen LogP contribution >= 0.6 is 0 Å². The van der Waals surface area contributed by atoms with E-state index < -0.39 is 11.9 Å². The van der Waals surface area contributed by atoms with Crippen LogP contribution in [0.4, 0.5) is 5.69 Å². The largest absolute Gasteiger partial charge is 0.496 e. The zero-order chi connectivity index (χ0) is 19.7. The van der Waals surface area contributed by atoms with Crippen molar-refractivity contribution in [2.24, 2.45) is 0 Å². The fraction of sp³-hybridized carbons (Fsp3) is 0.350. The second-order valence-electron chi connectivity index (χ2n) is 6.23. The number of hydrogen-bond acceptors (Lipinski definition) is 5. The maximum absolute atomic E-state index is 10.3. The Balaban J connectivity index is 0.000000584. The summed E-state index contributed by atoms with van der Waals surface area (Å²) in [5, 5.41) is 21.7. The average molecular weight is 416 g/mol. The Bertz CT molecular complexity index is 727. The Morgan fingerprint density at radius 2 is 1.93 bits per heavy atom. The second kappa shape index (κ2) is 11.4. The number of carbonyl (C=O) groups excluding carboxylic acids is 1. The number of likely N-dealkylation sites (N-methyl/N-ethyl adjacent to an activating group) is 1. The summed E-state index contributed by atoms with van der Waals surface area (Å²) in [6, 6.07) is 8.50. The van der Waals surface area contributed by atoms with Crippen molar-refractivity contribution in [3.05, 3.63) is 53.8 Å². The number of allylic oxidation sites excluding steroid dienone is 4. The Kier molecular flexibility index (Phi) is 10.4. The molecule has 0 bridgehead atoms. The fourth-order valence-electron chi connectivity index (χ4n) is 2.85. The van der Waals surface area contributed by atoms with Crippen LogP contribution in [0.25, 0.3) is 0 Å². The number of nitrogens with zero attached hydrogens (tertiary/aromatic N) is 1. The molecule has 27 heavy (non-hydrogen) atoms. The molecule has 1 aliphatic rings. The number of para-hydroxylation sites is 1. The number of nitrogens with one attached hydrogen (secondary N) is 2. The van der Waals surface area contributed by atoms with E-state index in [1.54, 1.807) is 13.0 Å². The van der Waals surface area contributed by atoms with Crippen molar-refractivity contribution in [1.82, 2.24) is 0 Å². The summed E-state index contributed by atoms with van der Waals surface area (Å²) in [5.41, 5.74) is 3.92. The maximum atomic E-state index is 10.3. The number of fused-ring (bicyclic) bond motifs is 1. The van der Waals surface area contributed by atoms with E-state index in [4.69, 9.17) is 15.9 Å². The zero-order valence-electron chi connectivity index (χ0n) is 16.1. The molecule has 1 aromatic rings. The van der Waals surface area contributed by atoms with Crippen LogP contribution in [0.1, 0.15) is 32.8 Å². The standard InChI is InChI=1S/C15H18N2.C5H9NO3.Co/c1-15(2)12-8-4-5-9-13(12)17(3)14(15)10-6-7-11-16;1-2-9-5(8)3-4(6)7;/h4-11,16H,1-3H3;2-3H2,1H3,(H2,6,7);/b7-6+,14-10-,16-11?;;. The number of rotatable bonds is 5. The summed E-state index contributed by atoms with van der Waals surface area (Å²) in [7, 11) is 2.09. The van der Waals surface area contributed by atoms with E-state index in [1.165, 1.54) is 23.2 Å². The third kappa shape index (κ3) is 6.69. The van der Waals surface area contributed by atoms with Crippen LogP contribution in [0.5, 0.6) is 0 Å². The molecule has 149 valence electrons. The summed E-state index contributed by atoms with van der Waals surface area (Å²) in [4.78, 5) is 12.6. The van der Waals surface area contributed by atoms with Crippen LogP contribution in [-0.2, 0) is 31.7 Å². The van der Waals surface area contributed by atoms with Gasteiger partial charge in [0.05, 0.1) is 6.61 Å². The van der Waals surface area contributed by atoms with Crippen LogP contribution in [0.3, 0.4) is 0 Å². The summed E-state index contributed by atoms with van der Waals surface area (Å²) < 4.78 is 4.41. The number of ether oxygens (including phenoxy) is 1. The molecule has 0 unspecified atom stereocenters. The van der Waals surface area contributed by atoms with Crippen molar-refractivity contribution in [2.75, 3.05) is 18.6 Å². The van der Waals surface area contributed by atoms with Gasteiger partial charge in [0.1, 0.15) is 6.42 Å². The SMILES string of the molecule is CCOC(=O)CC(=N)O.CN1/C(=C\C=C\C=N)C(C)(C)c2ccccc21.[Co]. The van der Waals surface area contributed by atoms with Gasteiger partial charge in [-0.3, -0.25) is 10.2 Å². The first-order valence-electron chi connectivity index (χ1n) is 8.38. The van der Waals surface area contributed by atoms with Gasteiger partial charge in [-0.1, -0.05) is 38.1 Å². The van der Waals surface area contributed by atoms with Crippen LogP contribution in [0.2, 0.25) is 0 Å². The molecule has 0 amide bonds. The van der Waals surface area contributed by atoms with Gasteiger partial charge in [0.15, 0.2) is 5.90 Å². The topological polar surface area (TPSA) is 97.5 Å². The molecule has 0 spiro atoms. The number of esters is 1. The Hall–Kier alpha value is -2.38. The molecule has 0 aliphatic carbocycles. The molecular weight excluding hydrogens is 389 g/mol. The molecule has 1 aliphatic heterocycles. The normalized spacial score (nSPS) is 15.4. The Labute approximate surface area is 171 Å². The van der Waals surface area contributed by atoms with E-state index in [-0.39, 0.29) is 35.2 Å². The third-order valence-electron chi connectivity index (χ3n) is 4.02. The molecule has 1 aromatic carbocycles. The minimum absolute atomic E-state index is 0. The molecule has 1 radical (unpaired) electrons. The van der Waals surface area contributed by atoms with Gasteiger partial charge in [-0.25, -0.2) is 0 Å². The molecule has 0 atom stereocenters. The van der Waals surface area contributed by atoms with Gasteiger partial charge >= 0.3 is 5.97 Å². The molecule has 1 heterocycles. The first-order chi connectivity index (χ1) is 12.3. The first kappa shape index (κ1) is 24.6. The molecule has 0 fully saturated rings. The van der Waals surface area contributed by atoms with E-state index in [9.17, 15) is 4.79 Å². The molecular formula is C20H27CoN3O3. The van der Waals surface area contributed by atoms with Crippen molar-refractivity contribution in [3.63, 3.8) is 0 Å². The quantitative estimate of drug-likeness (QED) is 0.384. The first-order valence-corrected chi connectivity index (χ1v) is 8.38. The molecule has 6 nitrogen and oxygen atoms in total. The van der Waals surface area contributed by atoms with Gasteiger partial charge in [0.25, 0.3) is 0 Å². The second-order valence-corrected chi connectivity index (χ2v) is 6.23. The summed E-state index contributed by atoms with van der Waals surface area (Å²) in [6.45, 7) is 6.42. The van der Waals surface area contributed by atoms with Crippen molar-refractivity contribution >= 4 is 23.8 Å². The van der Waals surface area contributed by atoms with Gasteiger partial charge in [0, 0.05) is 46.8 Å². The Morgan fingerprint density at radius 1 is 1.30 bits per heavy atom. The smallest absolute Gasteiger partial charge is 0.315 e. The maximum Gasteiger partial charge on any atom is 0.315 e. The number of aliphatic hydroxyl groups excluding tert-OH is 1. The molecule has 0 saturated heterocycles. The minimum Gasteiger partial charge on any atom is -0.496 e. The molecule has 0 aromatic heterocycles. The van der Waals surface area contributed by atoms with Gasteiger partial charge in [-0.2, -0.15) is 0 Å². The third-order valence-corrected chi connectivity index (χ3v) is 4.02. The fourth-order valence-corrected chi connectivity index (χ4v) is 2.85. The average Bonchev–Trinajstić information content (AvgIpc) is 2.76. The predicted molar refractivity (Wildman–Crippen MR) is 105 cm³/mol. The van der Waals surface area contributed by atoms with Gasteiger partial charge in [0.2, 0.25) is 0 Å². The van der Waals surface area contributed by atoms with Crippen molar-refractivity contribution < 1.29 is 31.4 Å². The van der Waals surface area contributed by atoms with E-state index in [1.807, 2.05) is 6.08 Å². The molecule has 7 heteroatoms. The molecule has 3 N–H and O–H groups in total. The van der Waals surface area contributed by atoms with Crippen LogP contribution < -0.4 is 4.90 Å². The van der Waals surface area contributed by atoms with Crippen LogP contribution in [0.15, 0.2) is 48.2 Å². The monoisotopic (exact) mass is 416 g/mol. The Morgan fingerprint density at radius 3 is 2.44 bits per heavy atom. The van der Waals surface area contributed by atoms with E-state index in [2.05, 4.69) is 60.9 Å². The molecule has 2 rings (SSSR count). The van der Waals surface area contributed by atoms with Crippen LogP contribution in [-0.4, -0.2) is 36.8 Å². The number of benzene rings is 1. The van der Waals surface area contributed by atoms with Gasteiger partial charge in [-0.15, -0.1) is 0 Å². The number of carbonyl (C=O) groups is 1. The van der Waals surface area contributed by atoms with Crippen LogP contribution in [0, 0.1) is 10.8 Å². The van der Waals surface area contributed by atoms with E-state index >= 15 is 0 Å². The minimum atomic E-state index is -0.659. The van der Waals surface area contributed by atoms with E-state index in [0.717, 1.165) is 0 Å². The predicted octanol–water partition coefficient (Wildman–Crippen LogP) is 3.98. The van der Waals surface area contributed by atoms with Crippen molar-refractivity contribution in [1.29, 1.82) is 10.8 Å². The van der Waals surface area contributed by atoms with Crippen molar-refractivity contribution in [2.45, 2.75) is 32.6 Å².